The second-order valence-corrected chi connectivity index (χ2v) is 3.83. The van der Waals surface area contributed by atoms with Crippen LogP contribution in [0, 0.1) is 11.3 Å². The Labute approximate surface area is 90.9 Å². The van der Waals surface area contributed by atoms with Crippen molar-refractivity contribution in [2.75, 3.05) is 19.7 Å². The summed E-state index contributed by atoms with van der Waals surface area (Å²) in [5.41, 5.74) is 2.06. The molecule has 0 spiro atoms. The fourth-order valence-corrected chi connectivity index (χ4v) is 1.92. The van der Waals surface area contributed by atoms with Crippen molar-refractivity contribution >= 4 is 17.2 Å². The van der Waals surface area contributed by atoms with E-state index in [0.29, 0.717) is 25.4 Å². The van der Waals surface area contributed by atoms with Crippen LogP contribution >= 0.6 is 11.3 Å². The fraction of sp³-hybridized carbons (Fsp3) is 0.444. The highest BCUT2D eigenvalue weighted by molar-refractivity contribution is 7.07. The Morgan fingerprint density at radius 2 is 2.67 bits per heavy atom. The van der Waals surface area contributed by atoms with Crippen LogP contribution in [0.25, 0.3) is 0 Å². The molecule has 1 amide bonds. The van der Waals surface area contributed by atoms with Gasteiger partial charge in [0.2, 0.25) is 0 Å². The molecule has 78 valence electrons. The molecule has 1 saturated heterocycles. The monoisotopic (exact) mass is 223 g/mol. The summed E-state index contributed by atoms with van der Waals surface area (Å²) in [5, 5.41) is 10.4. The smallest absolute Gasteiger partial charge is 0.273 e. The Kier molecular flexibility index (Phi) is 2.94. The van der Waals surface area contributed by atoms with Crippen molar-refractivity contribution in [1.29, 1.82) is 5.26 Å². The lowest BCUT2D eigenvalue weighted by Crippen LogP contribution is -2.45. The normalized spacial score (nSPS) is 21.0. The van der Waals surface area contributed by atoms with Gasteiger partial charge in [-0.2, -0.15) is 5.26 Å². The summed E-state index contributed by atoms with van der Waals surface area (Å²) >= 11 is 1.38. The highest BCUT2D eigenvalue weighted by Crippen LogP contribution is 2.10. The van der Waals surface area contributed by atoms with E-state index in [1.54, 1.807) is 15.8 Å². The molecule has 1 aliphatic heterocycles. The van der Waals surface area contributed by atoms with Gasteiger partial charge in [0.1, 0.15) is 5.69 Å². The largest absolute Gasteiger partial charge is 0.360 e. The number of ether oxygens (including phenoxy) is 1. The molecule has 1 aromatic rings. The predicted molar refractivity (Wildman–Crippen MR) is 53.4 cm³/mol. The Balaban J connectivity index is 2.05. The maximum absolute atomic E-state index is 11.8. The van der Waals surface area contributed by atoms with E-state index < -0.39 is 6.10 Å². The minimum Gasteiger partial charge on any atom is -0.360 e. The van der Waals surface area contributed by atoms with Crippen LogP contribution in [-0.2, 0) is 4.74 Å². The van der Waals surface area contributed by atoms with Gasteiger partial charge in [-0.15, -0.1) is 11.3 Å². The van der Waals surface area contributed by atoms with Crippen molar-refractivity contribution in [2.45, 2.75) is 6.10 Å². The Morgan fingerprint density at radius 1 is 1.80 bits per heavy atom. The first-order valence-electron chi connectivity index (χ1n) is 4.50. The number of rotatable bonds is 1. The standard InChI is InChI=1S/C9H9N3O2S/c10-3-7-4-12(1-2-14-7)9(13)8-5-15-6-11-8/h5-7H,1-2,4H2. The molecule has 5 nitrogen and oxygen atoms in total. The van der Waals surface area contributed by atoms with E-state index in [0.717, 1.165) is 0 Å². The molecule has 1 fully saturated rings. The van der Waals surface area contributed by atoms with Crippen molar-refractivity contribution in [2.24, 2.45) is 0 Å². The molecule has 2 heterocycles. The zero-order chi connectivity index (χ0) is 10.7. The summed E-state index contributed by atoms with van der Waals surface area (Å²) in [6.45, 7) is 1.26. The number of nitriles is 1. The van der Waals surface area contributed by atoms with Gasteiger partial charge in [-0.3, -0.25) is 4.79 Å². The van der Waals surface area contributed by atoms with Crippen LogP contribution in [-0.4, -0.2) is 41.6 Å². The zero-order valence-corrected chi connectivity index (χ0v) is 8.74. The first-order chi connectivity index (χ1) is 7.31. The molecule has 1 aliphatic rings. The maximum Gasteiger partial charge on any atom is 0.273 e. The summed E-state index contributed by atoms with van der Waals surface area (Å²) in [4.78, 5) is 17.4. The van der Waals surface area contributed by atoms with Crippen molar-refractivity contribution < 1.29 is 9.53 Å². The number of carbonyl (C=O) groups is 1. The van der Waals surface area contributed by atoms with Gasteiger partial charge in [-0.25, -0.2) is 4.98 Å². The second-order valence-electron chi connectivity index (χ2n) is 3.11. The number of nitrogens with zero attached hydrogens (tertiary/aromatic N) is 3. The summed E-state index contributed by atoms with van der Waals surface area (Å²) in [6, 6.07) is 2.00. The first-order valence-corrected chi connectivity index (χ1v) is 5.44. The van der Waals surface area contributed by atoms with Crippen molar-refractivity contribution in [3.05, 3.63) is 16.6 Å². The van der Waals surface area contributed by atoms with E-state index in [4.69, 9.17) is 10.00 Å². The summed E-state index contributed by atoms with van der Waals surface area (Å²) in [7, 11) is 0. The summed E-state index contributed by atoms with van der Waals surface area (Å²) < 4.78 is 5.15. The van der Waals surface area contributed by atoms with Crippen LogP contribution < -0.4 is 0 Å². The van der Waals surface area contributed by atoms with Gasteiger partial charge in [0, 0.05) is 11.9 Å². The molecule has 0 radical (unpaired) electrons. The van der Waals surface area contributed by atoms with Gasteiger partial charge in [0.05, 0.1) is 24.7 Å². The molecule has 0 N–H and O–H groups in total. The average Bonchev–Trinajstić information content (AvgIpc) is 2.81. The van der Waals surface area contributed by atoms with Crippen molar-refractivity contribution in [1.82, 2.24) is 9.88 Å². The SMILES string of the molecule is N#CC1CN(C(=O)c2cscn2)CCO1. The van der Waals surface area contributed by atoms with Crippen molar-refractivity contribution in [3.8, 4) is 6.07 Å². The zero-order valence-electron chi connectivity index (χ0n) is 7.92. The van der Waals surface area contributed by atoms with E-state index in [1.165, 1.54) is 11.3 Å². The third-order valence-corrected chi connectivity index (χ3v) is 2.74. The van der Waals surface area contributed by atoms with Gasteiger partial charge in [-0.05, 0) is 0 Å². The molecular weight excluding hydrogens is 214 g/mol. The molecule has 0 aromatic carbocycles. The van der Waals surface area contributed by atoms with Gasteiger partial charge in [0.25, 0.3) is 5.91 Å². The number of morpholine rings is 1. The molecule has 15 heavy (non-hydrogen) atoms. The minimum absolute atomic E-state index is 0.125. The lowest BCUT2D eigenvalue weighted by atomic mass is 10.2. The number of thiazole rings is 1. The molecule has 0 bridgehead atoms. The Morgan fingerprint density at radius 3 is 3.33 bits per heavy atom. The molecule has 2 rings (SSSR count). The molecule has 1 unspecified atom stereocenters. The van der Waals surface area contributed by atoms with Gasteiger partial charge in [-0.1, -0.05) is 0 Å². The molecule has 6 heteroatoms. The molecule has 0 aliphatic carbocycles. The van der Waals surface area contributed by atoms with Gasteiger partial charge >= 0.3 is 0 Å². The number of aromatic nitrogens is 1. The minimum atomic E-state index is -0.513. The van der Waals surface area contributed by atoms with E-state index in [1.807, 2.05) is 6.07 Å². The van der Waals surface area contributed by atoms with Gasteiger partial charge in [0.15, 0.2) is 6.10 Å². The Hall–Kier alpha value is -1.45. The van der Waals surface area contributed by atoms with Crippen LogP contribution in [0.2, 0.25) is 0 Å². The fourth-order valence-electron chi connectivity index (χ4n) is 1.39. The quantitative estimate of drug-likeness (QED) is 0.695. The average molecular weight is 223 g/mol. The Bertz CT molecular complexity index is 385. The van der Waals surface area contributed by atoms with Crippen LogP contribution in [0.3, 0.4) is 0 Å². The number of carbonyl (C=O) groups excluding carboxylic acids is 1. The third-order valence-electron chi connectivity index (χ3n) is 2.15. The number of hydrogen-bond acceptors (Lipinski definition) is 5. The molecule has 1 aromatic heterocycles. The van der Waals surface area contributed by atoms with Crippen LogP contribution in [0.1, 0.15) is 10.5 Å². The van der Waals surface area contributed by atoms with E-state index in [-0.39, 0.29) is 5.91 Å². The maximum atomic E-state index is 11.8. The van der Waals surface area contributed by atoms with E-state index >= 15 is 0 Å². The van der Waals surface area contributed by atoms with Crippen LogP contribution in [0.15, 0.2) is 10.9 Å². The highest BCUT2D eigenvalue weighted by Gasteiger charge is 2.25. The molecule has 0 saturated carbocycles. The lowest BCUT2D eigenvalue weighted by Gasteiger charge is -2.29. The highest BCUT2D eigenvalue weighted by atomic mass is 32.1. The summed E-state index contributed by atoms with van der Waals surface area (Å²) in [6.07, 6.45) is -0.513. The number of hydrogen-bond donors (Lipinski definition) is 0. The third kappa shape index (κ3) is 2.14. The number of amides is 1. The van der Waals surface area contributed by atoms with Crippen LogP contribution in [0.5, 0.6) is 0 Å². The van der Waals surface area contributed by atoms with E-state index in [2.05, 4.69) is 4.98 Å². The lowest BCUT2D eigenvalue weighted by molar-refractivity contribution is 0.00324. The second kappa shape index (κ2) is 4.38. The van der Waals surface area contributed by atoms with E-state index in [9.17, 15) is 4.79 Å². The van der Waals surface area contributed by atoms with Crippen LogP contribution in [0.4, 0.5) is 0 Å². The summed E-state index contributed by atoms with van der Waals surface area (Å²) in [5.74, 6) is -0.125. The van der Waals surface area contributed by atoms with Crippen molar-refractivity contribution in [3.63, 3.8) is 0 Å². The first kappa shape index (κ1) is 10.1. The van der Waals surface area contributed by atoms with Gasteiger partial charge < -0.3 is 9.64 Å². The topological polar surface area (TPSA) is 66.2 Å². The molecule has 1 atom stereocenters. The molecular formula is C9H9N3O2S. The predicted octanol–water partition coefficient (Wildman–Crippen LogP) is 0.508.